The van der Waals surface area contributed by atoms with Gasteiger partial charge in [-0.05, 0) is 51.6 Å². The monoisotopic (exact) mass is 268 g/mol. The SMILES string of the molecule is O=C(O)CCC1CCCCN1C(=O)C1CCNCC1. The highest BCUT2D eigenvalue weighted by molar-refractivity contribution is 5.79. The molecule has 0 spiro atoms. The molecule has 0 aliphatic carbocycles. The summed E-state index contributed by atoms with van der Waals surface area (Å²) < 4.78 is 0. The largest absolute Gasteiger partial charge is 0.481 e. The number of carboxylic acid groups (broad SMARTS) is 1. The number of carboxylic acids is 1. The van der Waals surface area contributed by atoms with E-state index in [-0.39, 0.29) is 24.3 Å². The predicted molar refractivity (Wildman–Crippen MR) is 71.8 cm³/mol. The third-order valence-electron chi connectivity index (χ3n) is 4.29. The molecule has 108 valence electrons. The van der Waals surface area contributed by atoms with Gasteiger partial charge in [-0.25, -0.2) is 0 Å². The van der Waals surface area contributed by atoms with E-state index >= 15 is 0 Å². The fourth-order valence-electron chi connectivity index (χ4n) is 3.18. The zero-order valence-electron chi connectivity index (χ0n) is 11.4. The summed E-state index contributed by atoms with van der Waals surface area (Å²) in [5.74, 6) is -0.358. The molecule has 0 radical (unpaired) electrons. The number of amides is 1. The first-order valence-electron chi connectivity index (χ1n) is 7.41. The van der Waals surface area contributed by atoms with Crippen LogP contribution in [0.25, 0.3) is 0 Å². The Kier molecular flexibility index (Phi) is 5.19. The van der Waals surface area contributed by atoms with Crippen molar-refractivity contribution in [3.05, 3.63) is 0 Å². The topological polar surface area (TPSA) is 69.6 Å². The number of carbonyl (C=O) groups is 2. The predicted octanol–water partition coefficient (Wildman–Crippen LogP) is 1.23. The Morgan fingerprint density at radius 1 is 1.16 bits per heavy atom. The van der Waals surface area contributed by atoms with Gasteiger partial charge in [-0.1, -0.05) is 0 Å². The van der Waals surface area contributed by atoms with Crippen molar-refractivity contribution < 1.29 is 14.7 Å². The minimum atomic E-state index is -0.764. The van der Waals surface area contributed by atoms with Crippen LogP contribution in [0.3, 0.4) is 0 Å². The molecule has 2 saturated heterocycles. The quantitative estimate of drug-likeness (QED) is 0.804. The van der Waals surface area contributed by atoms with Crippen molar-refractivity contribution in [3.63, 3.8) is 0 Å². The number of carbonyl (C=O) groups excluding carboxylic acids is 1. The lowest BCUT2D eigenvalue weighted by molar-refractivity contribution is -0.142. The Bertz CT molecular complexity index is 327. The number of nitrogens with one attached hydrogen (secondary N) is 1. The summed E-state index contributed by atoms with van der Waals surface area (Å²) in [4.78, 5) is 25.2. The molecule has 1 atom stereocenters. The second kappa shape index (κ2) is 6.89. The normalized spacial score (nSPS) is 25.3. The van der Waals surface area contributed by atoms with Crippen LogP contribution in [-0.2, 0) is 9.59 Å². The molecule has 0 aromatic heterocycles. The Morgan fingerprint density at radius 2 is 1.89 bits per heavy atom. The van der Waals surface area contributed by atoms with Crippen LogP contribution in [0.5, 0.6) is 0 Å². The molecule has 1 amide bonds. The molecule has 2 aliphatic rings. The molecule has 0 bridgehead atoms. The van der Waals surface area contributed by atoms with Gasteiger partial charge in [0, 0.05) is 24.9 Å². The number of piperidine rings is 2. The summed E-state index contributed by atoms with van der Waals surface area (Å²) in [5, 5.41) is 12.1. The van der Waals surface area contributed by atoms with E-state index in [1.165, 1.54) is 0 Å². The molecule has 2 rings (SSSR count). The van der Waals surface area contributed by atoms with Crippen LogP contribution in [0.1, 0.15) is 44.9 Å². The first-order chi connectivity index (χ1) is 9.18. The molecular formula is C14H24N2O3. The van der Waals surface area contributed by atoms with Gasteiger partial charge in [-0.3, -0.25) is 9.59 Å². The van der Waals surface area contributed by atoms with Gasteiger partial charge in [-0.15, -0.1) is 0 Å². The maximum Gasteiger partial charge on any atom is 0.303 e. The summed E-state index contributed by atoms with van der Waals surface area (Å²) in [6, 6.07) is 0.146. The van der Waals surface area contributed by atoms with E-state index in [9.17, 15) is 9.59 Å². The third-order valence-corrected chi connectivity index (χ3v) is 4.29. The van der Waals surface area contributed by atoms with Crippen molar-refractivity contribution >= 4 is 11.9 Å². The molecule has 5 heteroatoms. The van der Waals surface area contributed by atoms with E-state index < -0.39 is 5.97 Å². The van der Waals surface area contributed by atoms with Gasteiger partial charge in [0.2, 0.25) is 5.91 Å². The molecule has 19 heavy (non-hydrogen) atoms. The third kappa shape index (κ3) is 3.93. The van der Waals surface area contributed by atoms with Crippen molar-refractivity contribution in [2.24, 2.45) is 5.92 Å². The summed E-state index contributed by atoms with van der Waals surface area (Å²) in [6.45, 7) is 2.65. The second-order valence-electron chi connectivity index (χ2n) is 5.64. The average molecular weight is 268 g/mol. The summed E-state index contributed by atoms with van der Waals surface area (Å²) in [5.41, 5.74) is 0. The van der Waals surface area contributed by atoms with Crippen molar-refractivity contribution in [1.29, 1.82) is 0 Å². The zero-order chi connectivity index (χ0) is 13.7. The van der Waals surface area contributed by atoms with Crippen LogP contribution in [0, 0.1) is 5.92 Å². The Balaban J connectivity index is 1.93. The summed E-state index contributed by atoms with van der Waals surface area (Å²) in [7, 11) is 0. The van der Waals surface area contributed by atoms with Crippen LogP contribution in [0.15, 0.2) is 0 Å². The van der Waals surface area contributed by atoms with Crippen molar-refractivity contribution in [2.45, 2.75) is 51.0 Å². The Hall–Kier alpha value is -1.10. The molecule has 1 unspecified atom stereocenters. The van der Waals surface area contributed by atoms with E-state index in [1.54, 1.807) is 0 Å². The smallest absolute Gasteiger partial charge is 0.303 e. The second-order valence-corrected chi connectivity index (χ2v) is 5.64. The number of hydrogen-bond acceptors (Lipinski definition) is 3. The van der Waals surface area contributed by atoms with Crippen LogP contribution in [0.4, 0.5) is 0 Å². The number of likely N-dealkylation sites (tertiary alicyclic amines) is 1. The first-order valence-corrected chi connectivity index (χ1v) is 7.41. The molecule has 0 saturated carbocycles. The van der Waals surface area contributed by atoms with E-state index in [4.69, 9.17) is 5.11 Å². The van der Waals surface area contributed by atoms with Crippen LogP contribution < -0.4 is 5.32 Å². The minimum Gasteiger partial charge on any atom is -0.481 e. The highest BCUT2D eigenvalue weighted by atomic mass is 16.4. The molecule has 2 heterocycles. The Morgan fingerprint density at radius 3 is 2.58 bits per heavy atom. The van der Waals surface area contributed by atoms with Gasteiger partial charge < -0.3 is 15.3 Å². The van der Waals surface area contributed by atoms with E-state index in [1.807, 2.05) is 4.90 Å². The van der Waals surface area contributed by atoms with Crippen LogP contribution in [0.2, 0.25) is 0 Å². The van der Waals surface area contributed by atoms with Gasteiger partial charge >= 0.3 is 5.97 Å². The van der Waals surface area contributed by atoms with Crippen LogP contribution >= 0.6 is 0 Å². The molecule has 5 nitrogen and oxygen atoms in total. The van der Waals surface area contributed by atoms with Crippen molar-refractivity contribution in [1.82, 2.24) is 10.2 Å². The summed E-state index contributed by atoms with van der Waals surface area (Å²) >= 11 is 0. The zero-order valence-corrected chi connectivity index (χ0v) is 11.4. The maximum absolute atomic E-state index is 12.6. The van der Waals surface area contributed by atoms with Gasteiger partial charge in [0.05, 0.1) is 0 Å². The lowest BCUT2D eigenvalue weighted by atomic mass is 9.92. The van der Waals surface area contributed by atoms with Gasteiger partial charge in [0.25, 0.3) is 0 Å². The molecule has 2 N–H and O–H groups in total. The fraction of sp³-hybridized carbons (Fsp3) is 0.857. The number of hydrogen-bond donors (Lipinski definition) is 2. The molecule has 2 aliphatic heterocycles. The Labute approximate surface area is 114 Å². The maximum atomic E-state index is 12.6. The number of rotatable bonds is 4. The fourth-order valence-corrected chi connectivity index (χ4v) is 3.18. The molecule has 2 fully saturated rings. The van der Waals surface area contributed by atoms with Gasteiger partial charge in [0.15, 0.2) is 0 Å². The first kappa shape index (κ1) is 14.3. The van der Waals surface area contributed by atoms with Gasteiger partial charge in [0.1, 0.15) is 0 Å². The average Bonchev–Trinajstić information content (AvgIpc) is 2.45. The van der Waals surface area contributed by atoms with Crippen molar-refractivity contribution in [3.8, 4) is 0 Å². The highest BCUT2D eigenvalue weighted by Gasteiger charge is 2.32. The molecule has 0 aromatic carbocycles. The number of aliphatic carboxylic acids is 1. The standard InChI is InChI=1S/C14H24N2O3/c17-13(18)5-4-12-3-1-2-10-16(12)14(19)11-6-8-15-9-7-11/h11-12,15H,1-10H2,(H,17,18). The van der Waals surface area contributed by atoms with Gasteiger partial charge in [-0.2, -0.15) is 0 Å². The molecular weight excluding hydrogens is 244 g/mol. The number of nitrogens with zero attached hydrogens (tertiary/aromatic N) is 1. The highest BCUT2D eigenvalue weighted by Crippen LogP contribution is 2.25. The lowest BCUT2D eigenvalue weighted by Crippen LogP contribution is -2.48. The van der Waals surface area contributed by atoms with Crippen LogP contribution in [-0.4, -0.2) is 47.6 Å². The van der Waals surface area contributed by atoms with E-state index in [0.717, 1.165) is 51.7 Å². The molecule has 0 aromatic rings. The minimum absolute atomic E-state index is 0.145. The van der Waals surface area contributed by atoms with E-state index in [0.29, 0.717) is 6.42 Å². The summed E-state index contributed by atoms with van der Waals surface area (Å²) in [6.07, 6.45) is 5.74. The van der Waals surface area contributed by atoms with E-state index in [2.05, 4.69) is 5.32 Å². The lowest BCUT2D eigenvalue weighted by Gasteiger charge is -2.38. The van der Waals surface area contributed by atoms with Crippen molar-refractivity contribution in [2.75, 3.05) is 19.6 Å².